The first kappa shape index (κ1) is 17.4. The number of anilines is 1. The number of nitrogens with one attached hydrogen (secondary N) is 2. The molecule has 142 valence electrons. The van der Waals surface area contributed by atoms with Gasteiger partial charge in [-0.3, -0.25) is 30.3 Å². The molecule has 2 saturated heterocycles. The molecule has 0 bridgehead atoms. The molecule has 10 heteroatoms. The number of nitro groups is 1. The molecule has 4 amide bonds. The lowest BCUT2D eigenvalue weighted by molar-refractivity contribution is -0.384. The van der Waals surface area contributed by atoms with E-state index in [0.717, 1.165) is 5.69 Å². The van der Waals surface area contributed by atoms with E-state index in [9.17, 15) is 24.5 Å². The highest BCUT2D eigenvalue weighted by atomic mass is 16.6. The average molecular weight is 374 g/mol. The Morgan fingerprint density at radius 2 is 1.93 bits per heavy atom. The lowest BCUT2D eigenvalue weighted by Gasteiger charge is -2.60. The van der Waals surface area contributed by atoms with E-state index in [1.54, 1.807) is 13.0 Å². The van der Waals surface area contributed by atoms with Crippen molar-refractivity contribution < 1.29 is 24.0 Å². The number of urea groups is 1. The van der Waals surface area contributed by atoms with Gasteiger partial charge in [-0.1, -0.05) is 0 Å². The lowest BCUT2D eigenvalue weighted by Crippen LogP contribution is -2.79. The summed E-state index contributed by atoms with van der Waals surface area (Å²) < 4.78 is 5.69. The summed E-state index contributed by atoms with van der Waals surface area (Å²) in [6.45, 7) is 4.13. The number of amides is 4. The topological polar surface area (TPSA) is 131 Å². The van der Waals surface area contributed by atoms with Crippen molar-refractivity contribution in [1.82, 2.24) is 10.6 Å². The van der Waals surface area contributed by atoms with E-state index >= 15 is 0 Å². The smallest absolute Gasteiger partial charge is 0.328 e. The highest BCUT2D eigenvalue weighted by Gasteiger charge is 2.67. The predicted octanol–water partition coefficient (Wildman–Crippen LogP) is 0.487. The van der Waals surface area contributed by atoms with E-state index in [1.165, 1.54) is 12.1 Å². The SMILES string of the molecule is CC1COCC2(C)N1c1ccc([N+](=O)[O-])cc1CC21C(=O)NC(=O)NC1=O. The molecule has 0 aromatic heterocycles. The number of nitrogens with zero attached hydrogens (tertiary/aromatic N) is 2. The zero-order chi connectivity index (χ0) is 19.6. The minimum atomic E-state index is -1.65. The molecular formula is C17H18N4O6. The van der Waals surface area contributed by atoms with Gasteiger partial charge in [-0.15, -0.1) is 0 Å². The van der Waals surface area contributed by atoms with Gasteiger partial charge >= 0.3 is 6.03 Å². The third kappa shape index (κ3) is 2.13. The maximum absolute atomic E-state index is 13.0. The summed E-state index contributed by atoms with van der Waals surface area (Å²) in [4.78, 5) is 50.2. The number of carbonyl (C=O) groups is 3. The lowest BCUT2D eigenvalue weighted by atomic mass is 9.60. The molecule has 1 aromatic carbocycles. The molecule has 2 atom stereocenters. The highest BCUT2D eigenvalue weighted by Crippen LogP contribution is 2.52. The summed E-state index contributed by atoms with van der Waals surface area (Å²) >= 11 is 0. The third-order valence-corrected chi connectivity index (χ3v) is 5.85. The number of carbonyl (C=O) groups excluding carboxylic acids is 3. The number of ether oxygens (including phenoxy) is 1. The van der Waals surface area contributed by atoms with Crippen molar-refractivity contribution in [1.29, 1.82) is 0 Å². The first-order valence-electron chi connectivity index (χ1n) is 8.52. The maximum Gasteiger partial charge on any atom is 0.328 e. The summed E-state index contributed by atoms with van der Waals surface area (Å²) in [7, 11) is 0. The number of fused-ring (bicyclic) bond motifs is 4. The van der Waals surface area contributed by atoms with Crippen LogP contribution in [0.2, 0.25) is 0 Å². The van der Waals surface area contributed by atoms with Gasteiger partial charge in [0, 0.05) is 24.2 Å². The molecule has 0 saturated carbocycles. The van der Waals surface area contributed by atoms with Gasteiger partial charge in [-0.25, -0.2) is 4.79 Å². The molecule has 2 unspecified atom stereocenters. The standard InChI is InChI=1S/C17H18N4O6/c1-9-7-27-8-16(2)17(13(22)18-15(24)19-14(17)23)6-10-5-11(21(25)26)3-4-12(10)20(9)16/h3-5,9H,6-8H2,1-2H3,(H2,18,19,22,23,24). The summed E-state index contributed by atoms with van der Waals surface area (Å²) in [6, 6.07) is 3.38. The maximum atomic E-state index is 13.0. The van der Waals surface area contributed by atoms with Crippen LogP contribution in [-0.2, 0) is 20.7 Å². The second kappa shape index (κ2) is 5.49. The van der Waals surface area contributed by atoms with Crippen LogP contribution in [0.25, 0.3) is 0 Å². The zero-order valence-corrected chi connectivity index (χ0v) is 14.8. The molecule has 3 heterocycles. The minimum absolute atomic E-state index is 0.0714. The number of benzene rings is 1. The fourth-order valence-corrected chi connectivity index (χ4v) is 4.63. The molecule has 27 heavy (non-hydrogen) atoms. The van der Waals surface area contributed by atoms with Crippen LogP contribution in [0.1, 0.15) is 19.4 Å². The highest BCUT2D eigenvalue weighted by molar-refractivity contribution is 6.21. The van der Waals surface area contributed by atoms with E-state index in [-0.39, 0.29) is 24.8 Å². The normalized spacial score (nSPS) is 28.9. The minimum Gasteiger partial charge on any atom is -0.377 e. The Labute approximate surface area is 154 Å². The largest absolute Gasteiger partial charge is 0.377 e. The van der Waals surface area contributed by atoms with Gasteiger partial charge in [0.2, 0.25) is 11.8 Å². The Hall–Kier alpha value is -3.01. The van der Waals surface area contributed by atoms with Gasteiger partial charge in [-0.05, 0) is 25.5 Å². The van der Waals surface area contributed by atoms with Gasteiger partial charge in [0.25, 0.3) is 5.69 Å². The van der Waals surface area contributed by atoms with E-state index in [1.807, 2.05) is 11.8 Å². The molecule has 1 aromatic rings. The van der Waals surface area contributed by atoms with E-state index in [4.69, 9.17) is 4.74 Å². The Morgan fingerprint density at radius 1 is 1.26 bits per heavy atom. The Kier molecular flexibility index (Phi) is 3.54. The predicted molar refractivity (Wildman–Crippen MR) is 92.1 cm³/mol. The van der Waals surface area contributed by atoms with Crippen LogP contribution in [0.3, 0.4) is 0 Å². The molecule has 1 spiro atoms. The number of morpholine rings is 1. The van der Waals surface area contributed by atoms with Crippen molar-refractivity contribution in [3.05, 3.63) is 33.9 Å². The number of non-ortho nitro benzene ring substituents is 1. The number of nitro benzene ring substituents is 1. The van der Waals surface area contributed by atoms with E-state index < -0.39 is 33.7 Å². The van der Waals surface area contributed by atoms with E-state index in [2.05, 4.69) is 10.6 Å². The van der Waals surface area contributed by atoms with Gasteiger partial charge in [-0.2, -0.15) is 0 Å². The number of imide groups is 2. The monoisotopic (exact) mass is 374 g/mol. The second-order valence-electron chi connectivity index (χ2n) is 7.40. The van der Waals surface area contributed by atoms with Gasteiger partial charge in [0.15, 0.2) is 5.41 Å². The summed E-state index contributed by atoms with van der Waals surface area (Å²) in [5.41, 5.74) is -1.61. The molecule has 3 aliphatic heterocycles. The second-order valence-corrected chi connectivity index (χ2v) is 7.40. The van der Waals surface area contributed by atoms with Crippen LogP contribution in [0, 0.1) is 15.5 Å². The summed E-state index contributed by atoms with van der Waals surface area (Å²) in [5, 5.41) is 15.6. The number of rotatable bonds is 1. The van der Waals surface area contributed by atoms with Gasteiger partial charge in [0.1, 0.15) is 0 Å². The van der Waals surface area contributed by atoms with Crippen LogP contribution >= 0.6 is 0 Å². The van der Waals surface area contributed by atoms with Crippen molar-refractivity contribution in [3.63, 3.8) is 0 Å². The van der Waals surface area contributed by atoms with Crippen molar-refractivity contribution in [3.8, 4) is 0 Å². The molecule has 2 fully saturated rings. The molecule has 0 radical (unpaired) electrons. The zero-order valence-electron chi connectivity index (χ0n) is 14.8. The fraction of sp³-hybridized carbons (Fsp3) is 0.471. The number of hydrogen-bond donors (Lipinski definition) is 2. The Bertz CT molecular complexity index is 879. The van der Waals surface area contributed by atoms with Crippen LogP contribution in [-0.4, -0.2) is 47.6 Å². The quantitative estimate of drug-likeness (QED) is 0.415. The molecule has 3 aliphatic rings. The van der Waals surface area contributed by atoms with Crippen molar-refractivity contribution in [2.45, 2.75) is 31.8 Å². The number of hydrogen-bond acceptors (Lipinski definition) is 7. The van der Waals surface area contributed by atoms with Crippen LogP contribution in [0.15, 0.2) is 18.2 Å². The molecule has 4 rings (SSSR count). The number of barbiturate groups is 1. The first-order chi connectivity index (χ1) is 12.7. The van der Waals surface area contributed by atoms with Crippen molar-refractivity contribution in [2.75, 3.05) is 18.1 Å². The van der Waals surface area contributed by atoms with Crippen LogP contribution in [0.4, 0.5) is 16.2 Å². The third-order valence-electron chi connectivity index (χ3n) is 5.85. The first-order valence-corrected chi connectivity index (χ1v) is 8.52. The van der Waals surface area contributed by atoms with Crippen LogP contribution in [0.5, 0.6) is 0 Å². The van der Waals surface area contributed by atoms with Crippen molar-refractivity contribution >= 4 is 29.2 Å². The average Bonchev–Trinajstić information content (AvgIpc) is 2.58. The molecule has 2 N–H and O–H groups in total. The van der Waals surface area contributed by atoms with Gasteiger partial charge < -0.3 is 9.64 Å². The Morgan fingerprint density at radius 3 is 2.56 bits per heavy atom. The van der Waals surface area contributed by atoms with E-state index in [0.29, 0.717) is 12.2 Å². The summed E-state index contributed by atoms with van der Waals surface area (Å²) in [6.07, 6.45) is -0.0714. The van der Waals surface area contributed by atoms with Crippen molar-refractivity contribution in [2.24, 2.45) is 5.41 Å². The molecule has 0 aliphatic carbocycles. The van der Waals surface area contributed by atoms with Crippen LogP contribution < -0.4 is 15.5 Å². The Balaban J connectivity index is 1.97. The molecule has 10 nitrogen and oxygen atoms in total. The van der Waals surface area contributed by atoms with Gasteiger partial charge in [0.05, 0.1) is 29.7 Å². The summed E-state index contributed by atoms with van der Waals surface area (Å²) in [5.74, 6) is -1.45. The molecular weight excluding hydrogens is 356 g/mol. The fourth-order valence-electron chi connectivity index (χ4n) is 4.63.